The number of benzene rings is 4. The van der Waals surface area contributed by atoms with Gasteiger partial charge in [-0.1, -0.05) is 60.7 Å². The maximum absolute atomic E-state index is 13.2. The Balaban J connectivity index is 1.47. The Labute approximate surface area is 274 Å². The van der Waals surface area contributed by atoms with Gasteiger partial charge in [0.15, 0.2) is 11.5 Å². The minimum Gasteiger partial charge on any atom is -0.490 e. The van der Waals surface area contributed by atoms with Gasteiger partial charge in [-0.2, -0.15) is 16.9 Å². The van der Waals surface area contributed by atoms with Crippen LogP contribution in [0.1, 0.15) is 34.0 Å². The highest BCUT2D eigenvalue weighted by Gasteiger charge is 2.25. The van der Waals surface area contributed by atoms with E-state index >= 15 is 0 Å². The van der Waals surface area contributed by atoms with Crippen molar-refractivity contribution in [1.82, 2.24) is 10.7 Å². The van der Waals surface area contributed by atoms with Crippen molar-refractivity contribution in [2.45, 2.75) is 25.3 Å². The van der Waals surface area contributed by atoms with E-state index in [1.165, 1.54) is 18.0 Å². The van der Waals surface area contributed by atoms with E-state index in [-0.39, 0.29) is 11.3 Å². The van der Waals surface area contributed by atoms with E-state index in [1.54, 1.807) is 18.2 Å². The number of nitrogens with zero attached hydrogens (tertiary/aromatic N) is 3. The van der Waals surface area contributed by atoms with Crippen LogP contribution in [0, 0.1) is 20.2 Å². The number of hydrogen-bond donors (Lipinski definition) is 2. The molecule has 0 radical (unpaired) electrons. The quantitative estimate of drug-likeness (QED) is 0.0874. The molecule has 4 aromatic carbocycles. The zero-order valence-electron chi connectivity index (χ0n) is 25.2. The predicted molar refractivity (Wildman–Crippen MR) is 178 cm³/mol. The molecule has 0 aliphatic rings. The summed E-state index contributed by atoms with van der Waals surface area (Å²) in [6.45, 7) is 2.59. The fourth-order valence-electron chi connectivity index (χ4n) is 4.21. The number of carbonyl (C=O) groups excluding carboxylic acids is 2. The van der Waals surface area contributed by atoms with Gasteiger partial charge in [0.2, 0.25) is 0 Å². The van der Waals surface area contributed by atoms with Gasteiger partial charge in [-0.25, -0.2) is 5.43 Å². The van der Waals surface area contributed by atoms with Gasteiger partial charge >= 0.3 is 0 Å². The lowest BCUT2D eigenvalue weighted by Gasteiger charge is -2.17. The molecule has 0 spiro atoms. The summed E-state index contributed by atoms with van der Waals surface area (Å²) >= 11 is 1.36. The molecule has 14 heteroatoms. The Bertz CT molecular complexity index is 1710. The van der Waals surface area contributed by atoms with E-state index in [1.807, 2.05) is 67.6 Å². The molecule has 0 fully saturated rings. The summed E-state index contributed by atoms with van der Waals surface area (Å²) in [5.74, 6) is 0.117. The molecule has 0 aromatic heterocycles. The van der Waals surface area contributed by atoms with E-state index < -0.39 is 39.1 Å². The number of ether oxygens (including phenoxy) is 2. The summed E-state index contributed by atoms with van der Waals surface area (Å²) in [7, 11) is 0. The van der Waals surface area contributed by atoms with Gasteiger partial charge in [-0.3, -0.25) is 29.8 Å². The lowest BCUT2D eigenvalue weighted by molar-refractivity contribution is -0.394. The van der Waals surface area contributed by atoms with Crippen LogP contribution in [-0.2, 0) is 17.2 Å². The number of rotatable bonds is 16. The highest BCUT2D eigenvalue weighted by atomic mass is 32.2. The minimum absolute atomic E-state index is 0.112. The monoisotopic (exact) mass is 657 g/mol. The Morgan fingerprint density at radius 2 is 1.49 bits per heavy atom. The van der Waals surface area contributed by atoms with Crippen LogP contribution in [0.15, 0.2) is 102 Å². The van der Waals surface area contributed by atoms with E-state index in [9.17, 15) is 29.8 Å². The van der Waals surface area contributed by atoms with E-state index in [4.69, 9.17) is 9.47 Å². The standard InChI is InChI=1S/C33H31N5O8S/c1-2-45-31-15-25(13-14-30(31)46-20-23-9-5-3-6-10-23)19-34-36-33(40)29(22-47-21-24-11-7-4-8-12-24)35-32(39)26-16-27(37(41)42)18-28(17-26)38(43)44/h3-19,29H,2,20-22H2,1H3,(H,35,39)(H,36,40)/b34-19-/t29-/m1/s1. The zero-order valence-corrected chi connectivity index (χ0v) is 26.1. The van der Waals surface area contributed by atoms with Gasteiger partial charge in [0.25, 0.3) is 23.2 Å². The Kier molecular flexibility index (Phi) is 12.4. The average Bonchev–Trinajstić information content (AvgIpc) is 3.08. The predicted octanol–water partition coefficient (Wildman–Crippen LogP) is 5.66. The summed E-state index contributed by atoms with van der Waals surface area (Å²) < 4.78 is 11.7. The van der Waals surface area contributed by atoms with Crippen molar-refractivity contribution in [3.63, 3.8) is 0 Å². The number of nitrogens with one attached hydrogen (secondary N) is 2. The molecule has 2 N–H and O–H groups in total. The molecule has 0 heterocycles. The van der Waals surface area contributed by atoms with Crippen LogP contribution in [0.2, 0.25) is 0 Å². The number of nitro benzene ring substituents is 2. The van der Waals surface area contributed by atoms with Crippen molar-refractivity contribution >= 4 is 41.2 Å². The van der Waals surface area contributed by atoms with Crippen molar-refractivity contribution in [1.29, 1.82) is 0 Å². The highest BCUT2D eigenvalue weighted by molar-refractivity contribution is 7.98. The molecule has 0 saturated heterocycles. The van der Waals surface area contributed by atoms with Crippen molar-refractivity contribution in [2.75, 3.05) is 12.4 Å². The van der Waals surface area contributed by atoms with E-state index in [2.05, 4.69) is 15.8 Å². The Hall–Kier alpha value is -5.76. The summed E-state index contributed by atoms with van der Waals surface area (Å²) in [6.07, 6.45) is 1.40. The molecule has 242 valence electrons. The van der Waals surface area contributed by atoms with E-state index in [0.29, 0.717) is 36.0 Å². The molecule has 0 saturated carbocycles. The van der Waals surface area contributed by atoms with Crippen LogP contribution in [0.4, 0.5) is 11.4 Å². The topological polar surface area (TPSA) is 175 Å². The number of thioether (sulfide) groups is 1. The number of carbonyl (C=O) groups is 2. The van der Waals surface area contributed by atoms with Gasteiger partial charge in [0.1, 0.15) is 12.6 Å². The highest BCUT2D eigenvalue weighted by Crippen LogP contribution is 2.29. The largest absolute Gasteiger partial charge is 0.490 e. The second-order valence-electron chi connectivity index (χ2n) is 9.93. The van der Waals surface area contributed by atoms with Crippen molar-refractivity contribution in [3.8, 4) is 11.5 Å². The second-order valence-corrected chi connectivity index (χ2v) is 11.0. The first-order valence-corrected chi connectivity index (χ1v) is 15.5. The first kappa shape index (κ1) is 34.1. The number of non-ortho nitro benzene ring substituents is 2. The summed E-state index contributed by atoms with van der Waals surface area (Å²) in [4.78, 5) is 47.3. The number of amides is 2. The third-order valence-corrected chi connectivity index (χ3v) is 7.60. The SMILES string of the molecule is CCOc1cc(/C=N\NC(=O)[C@@H](CSCc2ccccc2)NC(=O)c2cc([N+](=O)[O-])cc([N+](=O)[O-])c2)ccc1OCc1ccccc1. The molecule has 13 nitrogen and oxygen atoms in total. The summed E-state index contributed by atoms with van der Waals surface area (Å²) in [5, 5.41) is 29.2. The molecular formula is C33H31N5O8S. The van der Waals surface area contributed by atoms with Crippen LogP contribution >= 0.6 is 11.8 Å². The van der Waals surface area contributed by atoms with Crippen LogP contribution in [0.25, 0.3) is 0 Å². The smallest absolute Gasteiger partial charge is 0.277 e. The van der Waals surface area contributed by atoms with Crippen molar-refractivity contribution in [3.05, 3.63) is 140 Å². The molecule has 47 heavy (non-hydrogen) atoms. The van der Waals surface area contributed by atoms with E-state index in [0.717, 1.165) is 29.3 Å². The molecule has 1 atom stereocenters. The normalized spacial score (nSPS) is 11.4. The fourth-order valence-corrected chi connectivity index (χ4v) is 5.22. The lowest BCUT2D eigenvalue weighted by atomic mass is 10.1. The number of hydrogen-bond acceptors (Lipinski definition) is 10. The van der Waals surface area contributed by atoms with Crippen LogP contribution in [0.5, 0.6) is 11.5 Å². The van der Waals surface area contributed by atoms with Crippen LogP contribution < -0.4 is 20.2 Å². The van der Waals surface area contributed by atoms with Crippen LogP contribution in [-0.4, -0.2) is 46.3 Å². The molecule has 0 bridgehead atoms. The fraction of sp³-hybridized carbons (Fsp3) is 0.182. The van der Waals surface area contributed by atoms with Crippen molar-refractivity contribution < 1.29 is 28.9 Å². The molecule has 4 aromatic rings. The van der Waals surface area contributed by atoms with Gasteiger partial charge in [0, 0.05) is 23.6 Å². The third kappa shape index (κ3) is 10.4. The first-order valence-electron chi connectivity index (χ1n) is 14.4. The van der Waals surface area contributed by atoms with Gasteiger partial charge in [-0.05, 0) is 41.8 Å². The van der Waals surface area contributed by atoms with Gasteiger partial charge in [-0.15, -0.1) is 0 Å². The summed E-state index contributed by atoms with van der Waals surface area (Å²) in [5.41, 5.74) is 3.42. The van der Waals surface area contributed by atoms with Crippen LogP contribution in [0.3, 0.4) is 0 Å². The molecule has 0 unspecified atom stereocenters. The number of nitro groups is 2. The Morgan fingerprint density at radius 1 is 0.851 bits per heavy atom. The summed E-state index contributed by atoms with van der Waals surface area (Å²) in [6, 6.07) is 25.8. The molecule has 4 rings (SSSR count). The second kappa shape index (κ2) is 17.1. The molecule has 0 aliphatic carbocycles. The average molecular weight is 658 g/mol. The van der Waals surface area contributed by atoms with Gasteiger partial charge < -0.3 is 14.8 Å². The molecule has 2 amide bonds. The number of hydrazone groups is 1. The maximum Gasteiger partial charge on any atom is 0.277 e. The molecular weight excluding hydrogens is 626 g/mol. The van der Waals surface area contributed by atoms with Gasteiger partial charge in [0.05, 0.1) is 34.3 Å². The molecule has 0 aliphatic heterocycles. The third-order valence-electron chi connectivity index (χ3n) is 6.50. The maximum atomic E-state index is 13.2. The lowest BCUT2D eigenvalue weighted by Crippen LogP contribution is -2.47. The first-order chi connectivity index (χ1) is 22.7. The van der Waals surface area contributed by atoms with Crippen molar-refractivity contribution in [2.24, 2.45) is 5.10 Å². The zero-order chi connectivity index (χ0) is 33.6. The minimum atomic E-state index is -1.14. The Morgan fingerprint density at radius 3 is 2.11 bits per heavy atom.